The molecule has 2 aromatic heterocycles. The zero-order chi connectivity index (χ0) is 13.3. The quantitative estimate of drug-likeness (QED) is 0.800. The number of carbonyl (C=O) groups is 1. The van der Waals surface area contributed by atoms with Crippen molar-refractivity contribution in [1.82, 2.24) is 14.8 Å². The maximum Gasteiger partial charge on any atom is 0.167 e. The smallest absolute Gasteiger partial charge is 0.167 e. The SMILES string of the molecule is Cc1cc(C(=O)Cc2c(C)nn(C)c2Cl)ccn1. The molecule has 0 amide bonds. The van der Waals surface area contributed by atoms with Crippen molar-refractivity contribution in [2.24, 2.45) is 7.05 Å². The molecule has 0 N–H and O–H groups in total. The molecule has 2 rings (SSSR count). The third-order valence-corrected chi connectivity index (χ3v) is 3.30. The predicted octanol–water partition coefficient (Wildman–Crippen LogP) is 2.51. The molecule has 0 aromatic carbocycles. The van der Waals surface area contributed by atoms with Gasteiger partial charge >= 0.3 is 0 Å². The van der Waals surface area contributed by atoms with Crippen LogP contribution in [0.1, 0.15) is 27.3 Å². The molecular weight excluding hydrogens is 250 g/mol. The van der Waals surface area contributed by atoms with Crippen molar-refractivity contribution in [2.75, 3.05) is 0 Å². The summed E-state index contributed by atoms with van der Waals surface area (Å²) in [6.07, 6.45) is 1.90. The van der Waals surface area contributed by atoms with Crippen LogP contribution in [0.4, 0.5) is 0 Å². The molecule has 18 heavy (non-hydrogen) atoms. The first-order valence-corrected chi connectivity index (χ1v) is 6.00. The summed E-state index contributed by atoms with van der Waals surface area (Å²) >= 11 is 6.11. The van der Waals surface area contributed by atoms with E-state index in [2.05, 4.69) is 10.1 Å². The summed E-state index contributed by atoms with van der Waals surface area (Å²) in [5, 5.41) is 4.72. The zero-order valence-corrected chi connectivity index (χ0v) is 11.3. The van der Waals surface area contributed by atoms with Gasteiger partial charge in [0.15, 0.2) is 5.78 Å². The van der Waals surface area contributed by atoms with Gasteiger partial charge in [-0.05, 0) is 26.0 Å². The predicted molar refractivity (Wildman–Crippen MR) is 70.0 cm³/mol. The van der Waals surface area contributed by atoms with Crippen LogP contribution in [0.3, 0.4) is 0 Å². The molecule has 0 saturated carbocycles. The second-order valence-corrected chi connectivity index (χ2v) is 4.62. The van der Waals surface area contributed by atoms with Crippen LogP contribution in [-0.4, -0.2) is 20.5 Å². The van der Waals surface area contributed by atoms with E-state index in [1.165, 1.54) is 0 Å². The van der Waals surface area contributed by atoms with Gasteiger partial charge in [-0.15, -0.1) is 0 Å². The average Bonchev–Trinajstić information content (AvgIpc) is 2.56. The lowest BCUT2D eigenvalue weighted by Gasteiger charge is -2.02. The highest BCUT2D eigenvalue weighted by molar-refractivity contribution is 6.30. The second-order valence-electron chi connectivity index (χ2n) is 4.26. The van der Waals surface area contributed by atoms with E-state index in [1.54, 1.807) is 30.1 Å². The Labute approximate surface area is 111 Å². The Morgan fingerprint density at radius 1 is 1.44 bits per heavy atom. The fraction of sp³-hybridized carbons (Fsp3) is 0.308. The minimum absolute atomic E-state index is 0.0264. The lowest BCUT2D eigenvalue weighted by atomic mass is 10.0. The third kappa shape index (κ3) is 2.43. The molecule has 0 aliphatic carbocycles. The van der Waals surface area contributed by atoms with Crippen molar-refractivity contribution in [3.05, 3.63) is 46.0 Å². The first-order valence-electron chi connectivity index (χ1n) is 5.63. The monoisotopic (exact) mass is 263 g/mol. The topological polar surface area (TPSA) is 47.8 Å². The maximum absolute atomic E-state index is 12.2. The van der Waals surface area contributed by atoms with Gasteiger partial charge in [0.2, 0.25) is 0 Å². The molecule has 2 aromatic rings. The Hall–Kier alpha value is -1.68. The summed E-state index contributed by atoms with van der Waals surface area (Å²) in [6, 6.07) is 3.50. The molecule has 0 fully saturated rings. The van der Waals surface area contributed by atoms with Crippen LogP contribution in [0.2, 0.25) is 5.15 Å². The van der Waals surface area contributed by atoms with Gasteiger partial charge < -0.3 is 0 Å². The molecule has 0 bridgehead atoms. The standard InChI is InChI=1S/C13H14ClN3O/c1-8-6-10(4-5-15-8)12(18)7-11-9(2)16-17(3)13(11)14/h4-6H,7H2,1-3H3. The van der Waals surface area contributed by atoms with Gasteiger partial charge in [0.05, 0.1) is 5.69 Å². The molecule has 0 radical (unpaired) electrons. The summed E-state index contributed by atoms with van der Waals surface area (Å²) in [6.45, 7) is 3.71. The van der Waals surface area contributed by atoms with Crippen molar-refractivity contribution in [1.29, 1.82) is 0 Å². The Morgan fingerprint density at radius 2 is 2.17 bits per heavy atom. The molecule has 0 saturated heterocycles. The van der Waals surface area contributed by atoms with Crippen LogP contribution in [0.5, 0.6) is 0 Å². The molecular formula is C13H14ClN3O. The number of rotatable bonds is 3. The molecule has 2 heterocycles. The Balaban J connectivity index is 2.27. The highest BCUT2D eigenvalue weighted by Crippen LogP contribution is 2.20. The van der Waals surface area contributed by atoms with Crippen LogP contribution >= 0.6 is 11.6 Å². The Morgan fingerprint density at radius 3 is 2.72 bits per heavy atom. The second kappa shape index (κ2) is 4.90. The summed E-state index contributed by atoms with van der Waals surface area (Å²) in [7, 11) is 1.76. The molecule has 0 unspecified atom stereocenters. The number of carbonyl (C=O) groups excluding carboxylic acids is 1. The highest BCUT2D eigenvalue weighted by Gasteiger charge is 2.16. The fourth-order valence-electron chi connectivity index (χ4n) is 1.86. The first-order chi connectivity index (χ1) is 8.49. The van der Waals surface area contributed by atoms with E-state index >= 15 is 0 Å². The summed E-state index contributed by atoms with van der Waals surface area (Å²) in [5.41, 5.74) is 3.07. The molecule has 0 aliphatic rings. The molecule has 5 heteroatoms. The van der Waals surface area contributed by atoms with Gasteiger partial charge in [0, 0.05) is 36.5 Å². The lowest BCUT2D eigenvalue weighted by molar-refractivity contribution is 0.0992. The van der Waals surface area contributed by atoms with Crippen molar-refractivity contribution in [3.8, 4) is 0 Å². The number of ketones is 1. The van der Waals surface area contributed by atoms with Crippen molar-refractivity contribution < 1.29 is 4.79 Å². The number of aryl methyl sites for hydroxylation is 3. The zero-order valence-electron chi connectivity index (χ0n) is 10.6. The summed E-state index contributed by atoms with van der Waals surface area (Å²) in [5.74, 6) is 0.0264. The van der Waals surface area contributed by atoms with E-state index in [-0.39, 0.29) is 12.2 Å². The maximum atomic E-state index is 12.2. The van der Waals surface area contributed by atoms with Gasteiger partial charge in [-0.25, -0.2) is 0 Å². The molecule has 94 valence electrons. The van der Waals surface area contributed by atoms with Crippen molar-refractivity contribution in [2.45, 2.75) is 20.3 Å². The number of nitrogens with zero attached hydrogens (tertiary/aromatic N) is 3. The van der Waals surface area contributed by atoms with Crippen LogP contribution < -0.4 is 0 Å². The molecule has 0 spiro atoms. The van der Waals surface area contributed by atoms with Crippen LogP contribution in [0.15, 0.2) is 18.3 Å². The van der Waals surface area contributed by atoms with Crippen molar-refractivity contribution in [3.63, 3.8) is 0 Å². The first kappa shape index (κ1) is 12.8. The third-order valence-electron chi connectivity index (χ3n) is 2.83. The van der Waals surface area contributed by atoms with Gasteiger partial charge in [0.25, 0.3) is 0 Å². The van der Waals surface area contributed by atoms with E-state index in [0.29, 0.717) is 10.7 Å². The number of Topliss-reactive ketones (excluding diaryl/α,β-unsaturated/α-hetero) is 1. The summed E-state index contributed by atoms with van der Waals surface area (Å²) in [4.78, 5) is 16.2. The van der Waals surface area contributed by atoms with E-state index < -0.39 is 0 Å². The number of pyridine rings is 1. The van der Waals surface area contributed by atoms with Gasteiger partial charge in [0.1, 0.15) is 5.15 Å². The Kier molecular flexibility index (Phi) is 3.48. The van der Waals surface area contributed by atoms with E-state index in [9.17, 15) is 4.79 Å². The normalized spacial score (nSPS) is 10.7. The fourth-order valence-corrected chi connectivity index (χ4v) is 2.10. The molecule has 0 atom stereocenters. The number of hydrogen-bond donors (Lipinski definition) is 0. The van der Waals surface area contributed by atoms with E-state index in [1.807, 2.05) is 13.8 Å². The van der Waals surface area contributed by atoms with Crippen LogP contribution in [-0.2, 0) is 13.5 Å². The highest BCUT2D eigenvalue weighted by atomic mass is 35.5. The average molecular weight is 264 g/mol. The van der Waals surface area contributed by atoms with E-state index in [0.717, 1.165) is 17.0 Å². The largest absolute Gasteiger partial charge is 0.294 e. The lowest BCUT2D eigenvalue weighted by Crippen LogP contribution is -2.05. The number of hydrogen-bond acceptors (Lipinski definition) is 3. The number of halogens is 1. The molecule has 0 aliphatic heterocycles. The van der Waals surface area contributed by atoms with Gasteiger partial charge in [-0.3, -0.25) is 14.5 Å². The molecule has 4 nitrogen and oxygen atoms in total. The van der Waals surface area contributed by atoms with Crippen LogP contribution in [0.25, 0.3) is 0 Å². The number of aromatic nitrogens is 3. The van der Waals surface area contributed by atoms with E-state index in [4.69, 9.17) is 11.6 Å². The minimum Gasteiger partial charge on any atom is -0.294 e. The Bertz CT molecular complexity index is 604. The van der Waals surface area contributed by atoms with Gasteiger partial charge in [-0.2, -0.15) is 5.10 Å². The van der Waals surface area contributed by atoms with Crippen LogP contribution in [0, 0.1) is 13.8 Å². The van der Waals surface area contributed by atoms with Gasteiger partial charge in [-0.1, -0.05) is 11.6 Å². The van der Waals surface area contributed by atoms with Crippen molar-refractivity contribution >= 4 is 17.4 Å². The minimum atomic E-state index is 0.0264. The summed E-state index contributed by atoms with van der Waals surface area (Å²) < 4.78 is 1.58.